The van der Waals surface area contributed by atoms with Gasteiger partial charge in [-0.1, -0.05) is 13.8 Å². The second kappa shape index (κ2) is 6.09. The van der Waals surface area contributed by atoms with E-state index in [1.165, 1.54) is 9.88 Å². The summed E-state index contributed by atoms with van der Waals surface area (Å²) in [6.07, 6.45) is 1.01. The van der Waals surface area contributed by atoms with Crippen LogP contribution in [0.3, 0.4) is 0 Å². The third-order valence-electron chi connectivity index (χ3n) is 2.27. The zero-order valence-electron chi connectivity index (χ0n) is 9.87. The number of rotatable bonds is 5. The highest BCUT2D eigenvalue weighted by Gasteiger charge is 2.06. The Morgan fingerprint density at radius 3 is 2.88 bits per heavy atom. The number of hydrogen-bond donors (Lipinski definition) is 1. The highest BCUT2D eigenvalue weighted by Crippen LogP contribution is 2.31. The molecule has 0 saturated carbocycles. The number of aromatic nitrogens is 1. The summed E-state index contributed by atoms with van der Waals surface area (Å²) < 4.78 is 1.16. The quantitative estimate of drug-likeness (QED) is 0.889. The lowest BCUT2D eigenvalue weighted by Crippen LogP contribution is -2.24. The highest BCUT2D eigenvalue weighted by atomic mass is 79.9. The van der Waals surface area contributed by atoms with Crippen LogP contribution < -0.4 is 5.32 Å². The van der Waals surface area contributed by atoms with E-state index in [4.69, 9.17) is 0 Å². The van der Waals surface area contributed by atoms with Gasteiger partial charge in [0.05, 0.1) is 19.4 Å². The van der Waals surface area contributed by atoms with E-state index in [0.717, 1.165) is 22.4 Å². The molecule has 0 fully saturated rings. The van der Waals surface area contributed by atoms with E-state index in [9.17, 15) is 0 Å². The lowest BCUT2D eigenvalue weighted by atomic mass is 10.3. The molecule has 17 heavy (non-hydrogen) atoms. The maximum absolute atomic E-state index is 4.66. The van der Waals surface area contributed by atoms with Gasteiger partial charge >= 0.3 is 0 Å². The molecule has 0 saturated heterocycles. The molecule has 0 unspecified atom stereocenters. The molecule has 2 heterocycles. The molecule has 1 N–H and O–H groups in total. The highest BCUT2D eigenvalue weighted by molar-refractivity contribution is 9.11. The second-order valence-corrected chi connectivity index (χ2v) is 7.49. The Bertz CT molecular complexity index is 476. The molecule has 2 nitrogen and oxygen atoms in total. The van der Waals surface area contributed by atoms with Crippen LogP contribution in [0.25, 0.3) is 10.6 Å². The summed E-state index contributed by atoms with van der Waals surface area (Å²) in [7, 11) is 0. The fraction of sp³-hybridized carbons (Fsp3) is 0.417. The fourth-order valence-corrected chi connectivity index (χ4v) is 3.68. The van der Waals surface area contributed by atoms with Gasteiger partial charge < -0.3 is 5.32 Å². The Hall–Kier alpha value is -0.230. The Morgan fingerprint density at radius 1 is 1.41 bits per heavy atom. The minimum Gasteiger partial charge on any atom is -0.314 e. The summed E-state index contributed by atoms with van der Waals surface area (Å²) in [6.45, 7) is 5.33. The van der Waals surface area contributed by atoms with Gasteiger partial charge in [0, 0.05) is 24.4 Å². The molecule has 0 bridgehead atoms. The zero-order chi connectivity index (χ0) is 12.3. The van der Waals surface area contributed by atoms with E-state index < -0.39 is 0 Å². The lowest BCUT2D eigenvalue weighted by molar-refractivity contribution is 0.590. The largest absolute Gasteiger partial charge is 0.314 e. The Balaban J connectivity index is 1.96. The van der Waals surface area contributed by atoms with Crippen LogP contribution in [0.2, 0.25) is 0 Å². The molecule has 2 aromatic heterocycles. The molecule has 0 aromatic carbocycles. The summed E-state index contributed by atoms with van der Waals surface area (Å²) in [4.78, 5) is 5.89. The van der Waals surface area contributed by atoms with Crippen molar-refractivity contribution in [1.29, 1.82) is 0 Å². The summed E-state index contributed by atoms with van der Waals surface area (Å²) in [5.41, 5.74) is 1.10. The molecule has 0 atom stereocenters. The first kappa shape index (κ1) is 13.2. The predicted molar refractivity (Wildman–Crippen MR) is 80.0 cm³/mol. The van der Waals surface area contributed by atoms with Gasteiger partial charge in [0.2, 0.25) is 0 Å². The maximum atomic E-state index is 4.66. The van der Waals surface area contributed by atoms with Crippen molar-refractivity contribution in [2.24, 2.45) is 0 Å². The second-order valence-electron chi connectivity index (χ2n) is 4.09. The average molecular weight is 331 g/mol. The fourth-order valence-electron chi connectivity index (χ4n) is 1.46. The van der Waals surface area contributed by atoms with E-state index >= 15 is 0 Å². The van der Waals surface area contributed by atoms with Crippen LogP contribution in [0, 0.1) is 0 Å². The Kier molecular flexibility index (Phi) is 4.73. The SMILES string of the molecule is CC(C)NCCc1nc(-c2ccc(Br)s2)cs1. The van der Waals surface area contributed by atoms with Crippen LogP contribution in [-0.4, -0.2) is 17.6 Å². The molecule has 5 heteroatoms. The van der Waals surface area contributed by atoms with Gasteiger partial charge in [-0.3, -0.25) is 0 Å². The smallest absolute Gasteiger partial charge is 0.0945 e. The zero-order valence-corrected chi connectivity index (χ0v) is 13.1. The monoisotopic (exact) mass is 330 g/mol. The predicted octanol–water partition coefficient (Wildman–Crippen LogP) is 4.17. The molecule has 2 rings (SSSR count). The summed E-state index contributed by atoms with van der Waals surface area (Å²) in [5, 5.41) is 6.76. The molecule has 0 amide bonds. The van der Waals surface area contributed by atoms with E-state index in [-0.39, 0.29) is 0 Å². The number of nitrogens with one attached hydrogen (secondary N) is 1. The van der Waals surface area contributed by atoms with Gasteiger partial charge in [0.1, 0.15) is 0 Å². The van der Waals surface area contributed by atoms with E-state index in [0.29, 0.717) is 6.04 Å². The van der Waals surface area contributed by atoms with Crippen LogP contribution in [0.15, 0.2) is 21.3 Å². The summed E-state index contributed by atoms with van der Waals surface area (Å²) in [6, 6.07) is 4.72. The number of nitrogens with zero attached hydrogens (tertiary/aromatic N) is 1. The minimum absolute atomic E-state index is 0.544. The molecule has 0 aliphatic rings. The Labute approximate surface area is 118 Å². The van der Waals surface area contributed by atoms with Gasteiger partial charge in [-0.2, -0.15) is 0 Å². The van der Waals surface area contributed by atoms with Gasteiger partial charge in [-0.25, -0.2) is 4.98 Å². The minimum atomic E-state index is 0.544. The molecule has 0 radical (unpaired) electrons. The third kappa shape index (κ3) is 3.88. The summed E-state index contributed by atoms with van der Waals surface area (Å²) >= 11 is 6.95. The van der Waals surface area contributed by atoms with Crippen molar-refractivity contribution in [2.45, 2.75) is 26.3 Å². The van der Waals surface area contributed by atoms with Crippen LogP contribution in [0.4, 0.5) is 0 Å². The van der Waals surface area contributed by atoms with Crippen LogP contribution in [-0.2, 0) is 6.42 Å². The standard InChI is InChI=1S/C12H15BrN2S2/c1-8(2)14-6-5-12-15-9(7-16-12)10-3-4-11(13)17-10/h3-4,7-8,14H,5-6H2,1-2H3. The van der Waals surface area contributed by atoms with Crippen molar-refractivity contribution in [1.82, 2.24) is 10.3 Å². The first-order valence-electron chi connectivity index (χ1n) is 5.58. The molecule has 2 aromatic rings. The number of hydrogen-bond acceptors (Lipinski definition) is 4. The normalized spacial score (nSPS) is 11.3. The molecule has 0 aliphatic heterocycles. The van der Waals surface area contributed by atoms with Crippen molar-refractivity contribution in [3.63, 3.8) is 0 Å². The van der Waals surface area contributed by atoms with Crippen molar-refractivity contribution < 1.29 is 0 Å². The number of thiazole rings is 1. The number of halogens is 1. The Morgan fingerprint density at radius 2 is 2.24 bits per heavy atom. The van der Waals surface area contributed by atoms with Crippen LogP contribution >= 0.6 is 38.6 Å². The van der Waals surface area contributed by atoms with Crippen molar-refractivity contribution in [3.8, 4) is 10.6 Å². The molecule has 92 valence electrons. The first-order chi connectivity index (χ1) is 8.15. The maximum Gasteiger partial charge on any atom is 0.0945 e. The topological polar surface area (TPSA) is 24.9 Å². The molecule has 0 aliphatic carbocycles. The molecule has 0 spiro atoms. The van der Waals surface area contributed by atoms with Gasteiger partial charge in [0.25, 0.3) is 0 Å². The van der Waals surface area contributed by atoms with E-state index in [1.807, 2.05) is 0 Å². The van der Waals surface area contributed by atoms with Crippen molar-refractivity contribution in [2.75, 3.05) is 6.54 Å². The molecular weight excluding hydrogens is 316 g/mol. The van der Waals surface area contributed by atoms with Crippen LogP contribution in [0.1, 0.15) is 18.9 Å². The van der Waals surface area contributed by atoms with Crippen molar-refractivity contribution >= 4 is 38.6 Å². The van der Waals surface area contributed by atoms with Gasteiger partial charge in [0.15, 0.2) is 0 Å². The van der Waals surface area contributed by atoms with E-state index in [1.54, 1.807) is 22.7 Å². The van der Waals surface area contributed by atoms with E-state index in [2.05, 4.69) is 57.6 Å². The summed E-state index contributed by atoms with van der Waals surface area (Å²) in [5.74, 6) is 0. The molecular formula is C12H15BrN2S2. The van der Waals surface area contributed by atoms with Crippen LogP contribution in [0.5, 0.6) is 0 Å². The first-order valence-corrected chi connectivity index (χ1v) is 8.07. The number of thiophene rings is 1. The average Bonchev–Trinajstić information content (AvgIpc) is 2.86. The van der Waals surface area contributed by atoms with Gasteiger partial charge in [-0.15, -0.1) is 22.7 Å². The van der Waals surface area contributed by atoms with Gasteiger partial charge in [-0.05, 0) is 28.1 Å². The van der Waals surface area contributed by atoms with Crippen molar-refractivity contribution in [3.05, 3.63) is 26.3 Å². The lowest BCUT2D eigenvalue weighted by Gasteiger charge is -2.05. The third-order valence-corrected chi connectivity index (χ3v) is 4.82.